The highest BCUT2D eigenvalue weighted by Crippen LogP contribution is 2.35. The smallest absolute Gasteiger partial charge is 0.159 e. The first-order valence-corrected chi connectivity index (χ1v) is 9.37. The van der Waals surface area contributed by atoms with E-state index in [1.54, 1.807) is 6.92 Å². The molecule has 2 nitrogen and oxygen atoms in total. The van der Waals surface area contributed by atoms with Gasteiger partial charge in [-0.05, 0) is 36.0 Å². The van der Waals surface area contributed by atoms with Crippen LogP contribution in [0.2, 0.25) is 0 Å². The van der Waals surface area contributed by atoms with Crippen molar-refractivity contribution in [1.82, 2.24) is 0 Å². The number of unbranched alkanes of at least 4 members (excludes halogenated alkanes) is 4. The largest absolute Gasteiger partial charge is 0.461 e. The van der Waals surface area contributed by atoms with Crippen molar-refractivity contribution in [2.24, 2.45) is 0 Å². The topological polar surface area (TPSA) is 26.3 Å². The summed E-state index contributed by atoms with van der Waals surface area (Å²) in [6, 6.07) is 6.43. The molecule has 0 aromatic heterocycles. The lowest BCUT2D eigenvalue weighted by atomic mass is 9.84. The van der Waals surface area contributed by atoms with E-state index in [0.29, 0.717) is 6.42 Å². The first-order valence-electron chi connectivity index (χ1n) is 9.37. The van der Waals surface area contributed by atoms with Gasteiger partial charge in [0.1, 0.15) is 11.5 Å². The van der Waals surface area contributed by atoms with Crippen molar-refractivity contribution in [3.05, 3.63) is 40.7 Å². The average Bonchev–Trinajstić information content (AvgIpc) is 2.52. The third-order valence-electron chi connectivity index (χ3n) is 4.80. The van der Waals surface area contributed by atoms with E-state index in [1.165, 1.54) is 31.2 Å². The van der Waals surface area contributed by atoms with Crippen LogP contribution in [0, 0.1) is 0 Å². The molecule has 0 radical (unpaired) electrons. The van der Waals surface area contributed by atoms with Crippen molar-refractivity contribution in [1.29, 1.82) is 0 Å². The summed E-state index contributed by atoms with van der Waals surface area (Å²) in [6.07, 6.45) is 7.70. The van der Waals surface area contributed by atoms with Gasteiger partial charge in [0.25, 0.3) is 0 Å². The summed E-state index contributed by atoms with van der Waals surface area (Å²) >= 11 is 0. The molecule has 0 atom stereocenters. The number of hydrogen-bond donors (Lipinski definition) is 0. The monoisotopic (exact) mass is 328 g/mol. The first-order chi connectivity index (χ1) is 11.3. The zero-order chi connectivity index (χ0) is 17.7. The summed E-state index contributed by atoms with van der Waals surface area (Å²) in [5.74, 6) is 1.97. The van der Waals surface area contributed by atoms with E-state index in [1.807, 2.05) is 0 Å². The van der Waals surface area contributed by atoms with Gasteiger partial charge in [-0.25, -0.2) is 0 Å². The SMILES string of the molecule is CCCCCCCC1=C(C(C)=O)Cc2cc(C(C)(C)C)ccc2O1. The Labute approximate surface area is 147 Å². The van der Waals surface area contributed by atoms with E-state index in [4.69, 9.17) is 4.74 Å². The summed E-state index contributed by atoms with van der Waals surface area (Å²) in [4.78, 5) is 12.1. The molecule has 1 heterocycles. The van der Waals surface area contributed by atoms with Crippen molar-refractivity contribution in [3.8, 4) is 5.75 Å². The molecule has 1 aliphatic heterocycles. The van der Waals surface area contributed by atoms with Crippen LogP contribution in [0.25, 0.3) is 0 Å². The second-order valence-electron chi connectivity index (χ2n) is 7.97. The molecule has 0 N–H and O–H groups in total. The Morgan fingerprint density at radius 3 is 2.46 bits per heavy atom. The average molecular weight is 328 g/mol. The molecule has 0 fully saturated rings. The Kier molecular flexibility index (Phi) is 6.26. The molecule has 0 spiro atoms. The predicted octanol–water partition coefficient (Wildman–Crippen LogP) is 6.12. The van der Waals surface area contributed by atoms with E-state index in [0.717, 1.165) is 35.5 Å². The van der Waals surface area contributed by atoms with Crippen LogP contribution in [0.4, 0.5) is 0 Å². The van der Waals surface area contributed by atoms with E-state index in [-0.39, 0.29) is 11.2 Å². The van der Waals surface area contributed by atoms with E-state index >= 15 is 0 Å². The second kappa shape index (κ2) is 8.00. The minimum atomic E-state index is 0.106. The maximum atomic E-state index is 12.1. The third kappa shape index (κ3) is 4.72. The maximum Gasteiger partial charge on any atom is 0.159 e. The molecule has 132 valence electrons. The summed E-state index contributed by atoms with van der Waals surface area (Å²) < 4.78 is 6.14. The molecule has 2 rings (SSSR count). The van der Waals surface area contributed by atoms with Crippen molar-refractivity contribution in [3.63, 3.8) is 0 Å². The molecule has 0 amide bonds. The number of fused-ring (bicyclic) bond motifs is 1. The molecule has 0 unspecified atom stereocenters. The standard InChI is InChI=1S/C22H32O2/c1-6-7-8-9-10-11-21-19(16(2)23)15-17-14-18(22(3,4)5)12-13-20(17)24-21/h12-14H,6-11,15H2,1-5H3. The van der Waals surface area contributed by atoms with E-state index < -0.39 is 0 Å². The number of carbonyl (C=O) groups excluding carboxylic acids is 1. The zero-order valence-electron chi connectivity index (χ0n) is 16.0. The van der Waals surface area contributed by atoms with Crippen LogP contribution in [0.3, 0.4) is 0 Å². The van der Waals surface area contributed by atoms with Gasteiger partial charge in [-0.1, -0.05) is 65.5 Å². The Balaban J connectivity index is 2.14. The van der Waals surface area contributed by atoms with Crippen LogP contribution in [-0.4, -0.2) is 5.78 Å². The fourth-order valence-corrected chi connectivity index (χ4v) is 3.18. The van der Waals surface area contributed by atoms with Gasteiger partial charge in [0.05, 0.1) is 0 Å². The Bertz CT molecular complexity index is 617. The molecule has 1 aliphatic rings. The fourth-order valence-electron chi connectivity index (χ4n) is 3.18. The summed E-state index contributed by atoms with van der Waals surface area (Å²) in [5, 5.41) is 0. The fraction of sp³-hybridized carbons (Fsp3) is 0.591. The van der Waals surface area contributed by atoms with Crippen LogP contribution in [0.5, 0.6) is 5.75 Å². The number of ketones is 1. The van der Waals surface area contributed by atoms with Crippen LogP contribution in [0.15, 0.2) is 29.5 Å². The normalized spacial score (nSPS) is 14.4. The van der Waals surface area contributed by atoms with Crippen LogP contribution in [0.1, 0.15) is 84.3 Å². The Hall–Kier alpha value is -1.57. The Morgan fingerprint density at radius 1 is 1.12 bits per heavy atom. The summed E-state index contributed by atoms with van der Waals surface area (Å²) in [5.41, 5.74) is 3.40. The first kappa shape index (κ1) is 18.8. The quantitative estimate of drug-likeness (QED) is 0.563. The molecule has 24 heavy (non-hydrogen) atoms. The number of Topliss-reactive ketones (excluding diaryl/α,β-unsaturated/α-hetero) is 1. The molecule has 1 aromatic rings. The number of hydrogen-bond acceptors (Lipinski definition) is 2. The van der Waals surface area contributed by atoms with Gasteiger partial charge < -0.3 is 4.74 Å². The lowest BCUT2D eigenvalue weighted by Crippen LogP contribution is -2.17. The van der Waals surface area contributed by atoms with Crippen LogP contribution in [-0.2, 0) is 16.6 Å². The molecular formula is C22H32O2. The Morgan fingerprint density at radius 2 is 1.83 bits per heavy atom. The van der Waals surface area contributed by atoms with Crippen LogP contribution < -0.4 is 4.74 Å². The predicted molar refractivity (Wildman–Crippen MR) is 101 cm³/mol. The van der Waals surface area contributed by atoms with Gasteiger partial charge >= 0.3 is 0 Å². The molecule has 0 saturated carbocycles. The zero-order valence-corrected chi connectivity index (χ0v) is 16.0. The highest BCUT2D eigenvalue weighted by Gasteiger charge is 2.24. The molecule has 2 heteroatoms. The lowest BCUT2D eigenvalue weighted by molar-refractivity contribution is -0.113. The van der Waals surface area contributed by atoms with Crippen molar-refractivity contribution in [2.75, 3.05) is 0 Å². The number of rotatable bonds is 7. The summed E-state index contributed by atoms with van der Waals surface area (Å²) in [7, 11) is 0. The van der Waals surface area contributed by atoms with Crippen molar-refractivity contribution >= 4 is 5.78 Å². The molecule has 0 aliphatic carbocycles. The third-order valence-corrected chi connectivity index (χ3v) is 4.80. The van der Waals surface area contributed by atoms with Gasteiger partial charge in [0, 0.05) is 18.4 Å². The van der Waals surface area contributed by atoms with Crippen LogP contribution >= 0.6 is 0 Å². The van der Waals surface area contributed by atoms with E-state index in [9.17, 15) is 4.79 Å². The highest BCUT2D eigenvalue weighted by molar-refractivity contribution is 5.94. The summed E-state index contributed by atoms with van der Waals surface area (Å²) in [6.45, 7) is 10.5. The van der Waals surface area contributed by atoms with Crippen molar-refractivity contribution in [2.45, 2.75) is 85.0 Å². The van der Waals surface area contributed by atoms with Gasteiger partial charge in [-0.2, -0.15) is 0 Å². The highest BCUT2D eigenvalue weighted by atomic mass is 16.5. The van der Waals surface area contributed by atoms with Gasteiger partial charge in [-0.3, -0.25) is 4.79 Å². The van der Waals surface area contributed by atoms with Gasteiger partial charge in [0.15, 0.2) is 5.78 Å². The number of benzene rings is 1. The maximum absolute atomic E-state index is 12.1. The molecular weight excluding hydrogens is 296 g/mol. The molecule has 0 saturated heterocycles. The minimum absolute atomic E-state index is 0.106. The number of allylic oxidation sites excluding steroid dienone is 2. The number of carbonyl (C=O) groups is 1. The van der Waals surface area contributed by atoms with Crippen molar-refractivity contribution < 1.29 is 9.53 Å². The van der Waals surface area contributed by atoms with E-state index in [2.05, 4.69) is 45.9 Å². The molecule has 0 bridgehead atoms. The number of ether oxygens (including phenoxy) is 1. The second-order valence-corrected chi connectivity index (χ2v) is 7.97. The minimum Gasteiger partial charge on any atom is -0.461 e. The van der Waals surface area contributed by atoms with Gasteiger partial charge in [0.2, 0.25) is 0 Å². The lowest BCUT2D eigenvalue weighted by Gasteiger charge is -2.26. The van der Waals surface area contributed by atoms with Gasteiger partial charge in [-0.15, -0.1) is 0 Å². The molecule has 1 aromatic carbocycles.